The van der Waals surface area contributed by atoms with Crippen molar-refractivity contribution in [2.24, 2.45) is 5.92 Å². The molecule has 1 aromatic rings. The van der Waals surface area contributed by atoms with Crippen molar-refractivity contribution in [3.8, 4) is 0 Å². The van der Waals surface area contributed by atoms with Crippen molar-refractivity contribution in [2.45, 2.75) is 19.4 Å². The lowest BCUT2D eigenvalue weighted by Crippen LogP contribution is -2.08. The lowest BCUT2D eigenvalue weighted by Gasteiger charge is -2.14. The van der Waals surface area contributed by atoms with Gasteiger partial charge in [-0.15, -0.1) is 11.3 Å². The highest BCUT2D eigenvalue weighted by Gasteiger charge is 2.14. The van der Waals surface area contributed by atoms with E-state index in [0.29, 0.717) is 18.9 Å². The molecule has 0 fully saturated rings. The molecule has 2 atom stereocenters. The average Bonchev–Trinajstić information content (AvgIpc) is 2.52. The Morgan fingerprint density at radius 2 is 2.29 bits per heavy atom. The second kappa shape index (κ2) is 5.71. The summed E-state index contributed by atoms with van der Waals surface area (Å²) in [5.74, 6) is 0.357. The van der Waals surface area contributed by atoms with E-state index in [0.717, 1.165) is 9.21 Å². The van der Waals surface area contributed by atoms with Gasteiger partial charge in [0.15, 0.2) is 0 Å². The van der Waals surface area contributed by atoms with Crippen LogP contribution in [0, 0.1) is 5.92 Å². The van der Waals surface area contributed by atoms with Crippen LogP contribution in [0.2, 0.25) is 4.34 Å². The maximum atomic E-state index is 9.83. The van der Waals surface area contributed by atoms with Crippen molar-refractivity contribution in [3.05, 3.63) is 21.3 Å². The fraction of sp³-hybridized carbons (Fsp3) is 0.600. The van der Waals surface area contributed by atoms with Crippen molar-refractivity contribution < 1.29 is 9.84 Å². The molecule has 0 aliphatic heterocycles. The summed E-state index contributed by atoms with van der Waals surface area (Å²) in [6.45, 7) is 2.73. The molecule has 0 saturated heterocycles. The largest absolute Gasteiger partial charge is 0.388 e. The van der Waals surface area contributed by atoms with Gasteiger partial charge in [-0.1, -0.05) is 18.5 Å². The Bertz CT molecular complexity index is 275. The SMILES string of the molecule is COCC(C)CC(O)c1ccc(Cl)s1. The second-order valence-corrected chi connectivity index (χ2v) is 5.20. The number of thiophene rings is 1. The summed E-state index contributed by atoms with van der Waals surface area (Å²) in [5, 5.41) is 9.83. The Kier molecular flexibility index (Phi) is 4.89. The third-order valence-corrected chi connectivity index (χ3v) is 3.33. The van der Waals surface area contributed by atoms with Gasteiger partial charge in [-0.3, -0.25) is 0 Å². The standard InChI is InChI=1S/C10H15ClO2S/c1-7(6-13-2)5-8(12)9-3-4-10(11)14-9/h3-4,7-8,12H,5-6H2,1-2H3. The van der Waals surface area contributed by atoms with Gasteiger partial charge >= 0.3 is 0 Å². The van der Waals surface area contributed by atoms with E-state index in [1.807, 2.05) is 12.1 Å². The summed E-state index contributed by atoms with van der Waals surface area (Å²) in [6, 6.07) is 3.68. The zero-order valence-electron chi connectivity index (χ0n) is 8.37. The molecule has 14 heavy (non-hydrogen) atoms. The first-order valence-corrected chi connectivity index (χ1v) is 5.75. The monoisotopic (exact) mass is 234 g/mol. The van der Waals surface area contributed by atoms with Gasteiger partial charge < -0.3 is 9.84 Å². The molecule has 0 amide bonds. The Balaban J connectivity index is 2.45. The van der Waals surface area contributed by atoms with E-state index >= 15 is 0 Å². The maximum absolute atomic E-state index is 9.83. The third kappa shape index (κ3) is 3.58. The Hall–Kier alpha value is -0.0900. The number of aliphatic hydroxyl groups excluding tert-OH is 1. The Morgan fingerprint density at radius 1 is 1.57 bits per heavy atom. The number of rotatable bonds is 5. The van der Waals surface area contributed by atoms with Gasteiger partial charge in [0.25, 0.3) is 0 Å². The van der Waals surface area contributed by atoms with Crippen LogP contribution < -0.4 is 0 Å². The van der Waals surface area contributed by atoms with Gasteiger partial charge in [-0.25, -0.2) is 0 Å². The van der Waals surface area contributed by atoms with Crippen LogP contribution in [0.15, 0.2) is 12.1 Å². The molecule has 0 bridgehead atoms. The van der Waals surface area contributed by atoms with Crippen LogP contribution in [-0.4, -0.2) is 18.8 Å². The fourth-order valence-corrected chi connectivity index (χ4v) is 2.42. The van der Waals surface area contributed by atoms with E-state index in [2.05, 4.69) is 6.92 Å². The smallest absolute Gasteiger partial charge is 0.0932 e. The summed E-state index contributed by atoms with van der Waals surface area (Å²) in [7, 11) is 1.67. The molecule has 0 aliphatic rings. The zero-order chi connectivity index (χ0) is 10.6. The molecule has 0 spiro atoms. The Labute approximate surface area is 93.5 Å². The average molecular weight is 235 g/mol. The minimum absolute atomic E-state index is 0.357. The molecule has 1 N–H and O–H groups in total. The van der Waals surface area contributed by atoms with Crippen molar-refractivity contribution in [3.63, 3.8) is 0 Å². The zero-order valence-corrected chi connectivity index (χ0v) is 9.94. The van der Waals surface area contributed by atoms with Gasteiger partial charge in [0.2, 0.25) is 0 Å². The van der Waals surface area contributed by atoms with E-state index in [-0.39, 0.29) is 0 Å². The molecule has 1 rings (SSSR count). The third-order valence-electron chi connectivity index (χ3n) is 2.00. The van der Waals surface area contributed by atoms with Crippen molar-refractivity contribution in [1.29, 1.82) is 0 Å². The van der Waals surface area contributed by atoms with Crippen LogP contribution >= 0.6 is 22.9 Å². The lowest BCUT2D eigenvalue weighted by molar-refractivity contribution is 0.104. The van der Waals surface area contributed by atoms with Crippen LogP contribution in [0.5, 0.6) is 0 Å². The molecule has 0 aromatic carbocycles. The van der Waals surface area contributed by atoms with Gasteiger partial charge in [0, 0.05) is 18.6 Å². The van der Waals surface area contributed by atoms with Crippen molar-refractivity contribution in [1.82, 2.24) is 0 Å². The summed E-state index contributed by atoms with van der Waals surface area (Å²) in [4.78, 5) is 0.929. The van der Waals surface area contributed by atoms with E-state index in [9.17, 15) is 5.11 Å². The van der Waals surface area contributed by atoms with Crippen molar-refractivity contribution >= 4 is 22.9 Å². The summed E-state index contributed by atoms with van der Waals surface area (Å²) < 4.78 is 5.73. The Morgan fingerprint density at radius 3 is 2.79 bits per heavy atom. The highest BCUT2D eigenvalue weighted by Crippen LogP contribution is 2.30. The molecular formula is C10H15ClO2S. The van der Waals surface area contributed by atoms with Gasteiger partial charge in [0.05, 0.1) is 10.4 Å². The molecule has 1 heterocycles. The predicted octanol–water partition coefficient (Wildman–Crippen LogP) is 3.11. The first-order chi connectivity index (χ1) is 6.63. The number of hydrogen-bond acceptors (Lipinski definition) is 3. The topological polar surface area (TPSA) is 29.5 Å². The minimum atomic E-state index is -0.419. The molecular weight excluding hydrogens is 220 g/mol. The summed E-state index contributed by atoms with van der Waals surface area (Å²) >= 11 is 7.22. The first kappa shape index (κ1) is 12.0. The van der Waals surface area contributed by atoms with Crippen LogP contribution in [0.25, 0.3) is 0 Å². The summed E-state index contributed by atoms with van der Waals surface area (Å²) in [6.07, 6.45) is 0.294. The van der Waals surface area contributed by atoms with E-state index in [1.165, 1.54) is 11.3 Å². The first-order valence-electron chi connectivity index (χ1n) is 4.55. The molecule has 0 radical (unpaired) electrons. The van der Waals surface area contributed by atoms with Crippen molar-refractivity contribution in [2.75, 3.05) is 13.7 Å². The van der Waals surface area contributed by atoms with E-state index in [4.69, 9.17) is 16.3 Å². The second-order valence-electron chi connectivity index (χ2n) is 3.45. The molecule has 1 aromatic heterocycles. The van der Waals surface area contributed by atoms with Gasteiger partial charge in [-0.05, 0) is 24.5 Å². The highest BCUT2D eigenvalue weighted by atomic mass is 35.5. The minimum Gasteiger partial charge on any atom is -0.388 e. The number of hydrogen-bond donors (Lipinski definition) is 1. The number of ether oxygens (including phenoxy) is 1. The molecule has 4 heteroatoms. The van der Waals surface area contributed by atoms with Gasteiger partial charge in [-0.2, -0.15) is 0 Å². The molecule has 2 unspecified atom stereocenters. The molecule has 2 nitrogen and oxygen atoms in total. The number of aliphatic hydroxyl groups is 1. The highest BCUT2D eigenvalue weighted by molar-refractivity contribution is 7.16. The maximum Gasteiger partial charge on any atom is 0.0932 e. The fourth-order valence-electron chi connectivity index (χ4n) is 1.36. The van der Waals surface area contributed by atoms with Crippen LogP contribution in [0.4, 0.5) is 0 Å². The number of halogens is 1. The molecule has 0 aliphatic carbocycles. The van der Waals surface area contributed by atoms with Crippen LogP contribution in [-0.2, 0) is 4.74 Å². The van der Waals surface area contributed by atoms with Crippen LogP contribution in [0.1, 0.15) is 24.3 Å². The normalized spacial score (nSPS) is 15.4. The lowest BCUT2D eigenvalue weighted by atomic mass is 10.0. The van der Waals surface area contributed by atoms with E-state index in [1.54, 1.807) is 7.11 Å². The quantitative estimate of drug-likeness (QED) is 0.849. The molecule has 80 valence electrons. The van der Waals surface area contributed by atoms with E-state index < -0.39 is 6.10 Å². The van der Waals surface area contributed by atoms with Gasteiger partial charge in [0.1, 0.15) is 0 Å². The van der Waals surface area contributed by atoms with Crippen LogP contribution in [0.3, 0.4) is 0 Å². The number of methoxy groups -OCH3 is 1. The summed E-state index contributed by atoms with van der Waals surface area (Å²) in [5.41, 5.74) is 0. The predicted molar refractivity (Wildman–Crippen MR) is 59.9 cm³/mol. The molecule has 0 saturated carbocycles.